The van der Waals surface area contributed by atoms with Crippen molar-refractivity contribution in [3.8, 4) is 0 Å². The van der Waals surface area contributed by atoms with Crippen molar-refractivity contribution in [1.29, 1.82) is 0 Å². The first kappa shape index (κ1) is 20.8. The van der Waals surface area contributed by atoms with E-state index in [1.165, 1.54) is 0 Å². The van der Waals surface area contributed by atoms with E-state index in [9.17, 15) is 30.3 Å². The average Bonchev–Trinajstić information content (AvgIpc) is 2.37. The Balaban J connectivity index is -0.000000520. The Kier molecular flexibility index (Phi) is 12.5. The van der Waals surface area contributed by atoms with E-state index in [1.807, 2.05) is 0 Å². The molecule has 0 saturated heterocycles. The Morgan fingerprint density at radius 3 is 1.33 bits per heavy atom. The molecule has 0 spiro atoms. The summed E-state index contributed by atoms with van der Waals surface area (Å²) in [6, 6.07) is 0. The molecule has 1 N–H and O–H groups in total. The number of nitrogens with zero attached hydrogens (tertiary/aromatic N) is 4. The molecule has 18 heteroatoms. The van der Waals surface area contributed by atoms with Crippen LogP contribution in [0.2, 0.25) is 0 Å². The van der Waals surface area contributed by atoms with Gasteiger partial charge in [0.2, 0.25) is 0 Å². The van der Waals surface area contributed by atoms with Crippen molar-refractivity contribution in [3.63, 3.8) is 0 Å². The molecule has 0 bridgehead atoms. The molecular formula is C3H9N4O13P. The Hall–Kier alpha value is -2.46. The Morgan fingerprint density at radius 1 is 0.952 bits per heavy atom. The van der Waals surface area contributed by atoms with Gasteiger partial charge in [0.1, 0.15) is 0 Å². The molecule has 0 aliphatic carbocycles. The second-order valence-corrected chi connectivity index (χ2v) is 3.03. The molecule has 1 atom stereocenters. The second kappa shape index (κ2) is 12.6. The smallest absolute Gasteiger partial charge is 0.521 e. The SMILES string of the molecule is O=[N+]([O-])OCN(CO[N+](=O)[O-])CO[N+](=O)[O-].O=[P+]([O-])OO.[HH]. The molecule has 0 aliphatic rings. The maximum absolute atomic E-state index is 9.79. The van der Waals surface area contributed by atoms with Crippen LogP contribution in [0, 0.1) is 30.3 Å². The van der Waals surface area contributed by atoms with Gasteiger partial charge in [-0.05, 0) is 4.57 Å². The van der Waals surface area contributed by atoms with Gasteiger partial charge in [-0.15, -0.1) is 30.3 Å². The summed E-state index contributed by atoms with van der Waals surface area (Å²) in [7, 11) is -3.04. The van der Waals surface area contributed by atoms with Crippen LogP contribution in [0.15, 0.2) is 0 Å². The van der Waals surface area contributed by atoms with Crippen LogP contribution in [-0.4, -0.2) is 45.6 Å². The summed E-state index contributed by atoms with van der Waals surface area (Å²) in [5.41, 5.74) is 0. The van der Waals surface area contributed by atoms with Crippen molar-refractivity contribution in [3.05, 3.63) is 30.3 Å². The Morgan fingerprint density at radius 2 is 1.19 bits per heavy atom. The third kappa shape index (κ3) is 20.0. The summed E-state index contributed by atoms with van der Waals surface area (Å²) >= 11 is 0. The van der Waals surface area contributed by atoms with Crippen LogP contribution in [0.3, 0.4) is 0 Å². The largest absolute Gasteiger partial charge is 0.565 e. The Bertz CT molecular complexity index is 324. The quantitative estimate of drug-likeness (QED) is 0.157. The van der Waals surface area contributed by atoms with Crippen LogP contribution in [-0.2, 0) is 23.8 Å². The molecule has 0 aromatic rings. The molecule has 0 saturated carbocycles. The molecule has 1 unspecified atom stereocenters. The van der Waals surface area contributed by atoms with E-state index in [-0.39, 0.29) is 1.43 Å². The van der Waals surface area contributed by atoms with Gasteiger partial charge in [-0.25, -0.2) is 10.2 Å². The first-order valence-electron chi connectivity index (χ1n) is 4.19. The summed E-state index contributed by atoms with van der Waals surface area (Å²) in [5, 5.41) is 32.9. The van der Waals surface area contributed by atoms with E-state index in [0.717, 1.165) is 0 Å². The molecule has 0 aliphatic heterocycles. The minimum absolute atomic E-state index is 0. The molecule has 0 fully saturated rings. The minimum Gasteiger partial charge on any atom is -0.565 e. The molecule has 0 aromatic carbocycles. The maximum atomic E-state index is 9.79. The van der Waals surface area contributed by atoms with E-state index in [2.05, 4.69) is 19.2 Å². The predicted molar refractivity (Wildman–Crippen MR) is 54.1 cm³/mol. The average molecular weight is 340 g/mol. The molecule has 0 heterocycles. The van der Waals surface area contributed by atoms with Gasteiger partial charge in [-0.2, -0.15) is 0 Å². The highest BCUT2D eigenvalue weighted by Crippen LogP contribution is 2.02. The lowest BCUT2D eigenvalue weighted by Gasteiger charge is -2.17. The van der Waals surface area contributed by atoms with Crippen LogP contribution in [0.4, 0.5) is 0 Å². The van der Waals surface area contributed by atoms with E-state index in [1.54, 1.807) is 0 Å². The molecule has 124 valence electrons. The zero-order chi connectivity index (χ0) is 16.8. The van der Waals surface area contributed by atoms with E-state index in [0.29, 0.717) is 4.90 Å². The highest BCUT2D eigenvalue weighted by Gasteiger charge is 2.11. The lowest BCUT2D eigenvalue weighted by Crippen LogP contribution is -2.34. The monoisotopic (exact) mass is 340 g/mol. The summed E-state index contributed by atoms with van der Waals surface area (Å²) in [6.45, 7) is -2.31. The first-order chi connectivity index (χ1) is 9.68. The van der Waals surface area contributed by atoms with Gasteiger partial charge >= 0.3 is 8.25 Å². The van der Waals surface area contributed by atoms with Crippen LogP contribution in [0.5, 0.6) is 0 Å². The van der Waals surface area contributed by atoms with Crippen molar-refractivity contribution < 1.29 is 50.6 Å². The molecule has 0 aromatic heterocycles. The number of rotatable bonds is 10. The third-order valence-corrected chi connectivity index (χ3v) is 1.24. The van der Waals surface area contributed by atoms with Crippen molar-refractivity contribution >= 4 is 8.25 Å². The van der Waals surface area contributed by atoms with E-state index in [4.69, 9.17) is 14.7 Å². The van der Waals surface area contributed by atoms with Gasteiger partial charge in [0.25, 0.3) is 15.3 Å². The van der Waals surface area contributed by atoms with Gasteiger partial charge in [0.15, 0.2) is 20.2 Å². The molecule has 21 heavy (non-hydrogen) atoms. The Labute approximate surface area is 115 Å². The minimum atomic E-state index is -3.04. The highest BCUT2D eigenvalue weighted by atomic mass is 31.1. The highest BCUT2D eigenvalue weighted by molar-refractivity contribution is 7.30. The topological polar surface area (TPSA) is 230 Å². The summed E-state index contributed by atoms with van der Waals surface area (Å²) in [6.07, 6.45) is 0. The van der Waals surface area contributed by atoms with Gasteiger partial charge in [0.05, 0.1) is 0 Å². The maximum Gasteiger partial charge on any atom is 0.521 e. The van der Waals surface area contributed by atoms with Gasteiger partial charge in [-0.1, -0.05) is 0 Å². The molecule has 17 nitrogen and oxygen atoms in total. The molecule has 0 amide bonds. The van der Waals surface area contributed by atoms with Gasteiger partial charge in [-0.3, -0.25) is 14.5 Å². The van der Waals surface area contributed by atoms with E-state index >= 15 is 0 Å². The van der Waals surface area contributed by atoms with Crippen molar-refractivity contribution in [1.82, 2.24) is 4.90 Å². The zero-order valence-electron chi connectivity index (χ0n) is 9.70. The second-order valence-electron chi connectivity index (χ2n) is 2.42. The van der Waals surface area contributed by atoms with Gasteiger partial charge in [0, 0.05) is 6.10 Å². The van der Waals surface area contributed by atoms with Crippen molar-refractivity contribution in [2.24, 2.45) is 0 Å². The van der Waals surface area contributed by atoms with Crippen molar-refractivity contribution in [2.45, 2.75) is 0 Å². The van der Waals surface area contributed by atoms with Crippen LogP contribution in [0.1, 0.15) is 1.43 Å². The molecular weight excluding hydrogens is 331 g/mol. The molecule has 0 radical (unpaired) electrons. The first-order valence-corrected chi connectivity index (χ1v) is 5.28. The summed E-state index contributed by atoms with van der Waals surface area (Å²) in [5.74, 6) is 0. The fourth-order valence-electron chi connectivity index (χ4n) is 0.498. The normalized spacial score (nSPS) is 9.95. The van der Waals surface area contributed by atoms with Crippen LogP contribution < -0.4 is 4.89 Å². The van der Waals surface area contributed by atoms with Crippen LogP contribution >= 0.6 is 8.25 Å². The predicted octanol–water partition coefficient (Wildman–Crippen LogP) is -1.47. The summed E-state index contributed by atoms with van der Waals surface area (Å²) in [4.78, 5) is 50.4. The fraction of sp³-hybridized carbons (Fsp3) is 1.00. The van der Waals surface area contributed by atoms with Gasteiger partial charge < -0.3 is 4.89 Å². The lowest BCUT2D eigenvalue weighted by atomic mass is 10.9. The number of hydrogen-bond acceptors (Lipinski definition) is 14. The number of hydrogen-bond donors (Lipinski definition) is 1. The molecule has 0 rings (SSSR count). The van der Waals surface area contributed by atoms with Crippen molar-refractivity contribution in [2.75, 3.05) is 20.2 Å². The fourth-order valence-corrected chi connectivity index (χ4v) is 0.498. The summed E-state index contributed by atoms with van der Waals surface area (Å²) < 4.78 is 11.6. The van der Waals surface area contributed by atoms with E-state index < -0.39 is 43.7 Å². The lowest BCUT2D eigenvalue weighted by molar-refractivity contribution is -0.787. The van der Waals surface area contributed by atoms with Crippen LogP contribution in [0.25, 0.3) is 0 Å². The third-order valence-electron chi connectivity index (χ3n) is 1.10. The zero-order valence-corrected chi connectivity index (χ0v) is 10.6. The standard InChI is InChI=1S/C3H6N4O9.HO4P.H2/c8-5(9)14-1-4(2-15-6(10)11)3-16-7(12)13;1-4-5(2)3;/h1-3H2;1H;1H.